The van der Waals surface area contributed by atoms with Gasteiger partial charge in [-0.25, -0.2) is 4.98 Å². The molecule has 1 amide bonds. The first-order valence-corrected chi connectivity index (χ1v) is 11.7. The van der Waals surface area contributed by atoms with Gasteiger partial charge in [0.15, 0.2) is 0 Å². The molecule has 7 nitrogen and oxygen atoms in total. The third-order valence-electron chi connectivity index (χ3n) is 5.83. The number of carbonyl (C=O) groups excluding carboxylic acids is 1. The second-order valence-electron chi connectivity index (χ2n) is 8.87. The smallest absolute Gasteiger partial charge is 0.254 e. The number of nitrogens with two attached hydrogens (primary N) is 1. The molecule has 3 rings (SSSR count). The normalized spacial score (nSPS) is 12.1. The second-order valence-corrected chi connectivity index (χ2v) is 8.87. The molecule has 0 saturated carbocycles. The molecule has 34 heavy (non-hydrogen) atoms. The highest BCUT2D eigenvalue weighted by Gasteiger charge is 2.32. The second kappa shape index (κ2) is 11.7. The number of hydrogen-bond donors (Lipinski definition) is 2. The first-order valence-electron chi connectivity index (χ1n) is 11.7. The molecule has 3 aromatic rings. The molecule has 7 heteroatoms. The van der Waals surface area contributed by atoms with E-state index in [-0.39, 0.29) is 29.7 Å². The lowest BCUT2D eigenvalue weighted by molar-refractivity contribution is 0.0601. The maximum Gasteiger partial charge on any atom is 0.254 e. The summed E-state index contributed by atoms with van der Waals surface area (Å²) in [5.74, 6) is 0.282. The number of nitrogens with zero attached hydrogens (tertiary/aromatic N) is 3. The van der Waals surface area contributed by atoms with Gasteiger partial charge >= 0.3 is 0 Å². The van der Waals surface area contributed by atoms with Crippen molar-refractivity contribution in [2.75, 3.05) is 13.1 Å². The number of aryl methyl sites for hydroxylation is 1. The van der Waals surface area contributed by atoms with Gasteiger partial charge < -0.3 is 15.7 Å². The van der Waals surface area contributed by atoms with Gasteiger partial charge in [-0.2, -0.15) is 0 Å². The summed E-state index contributed by atoms with van der Waals surface area (Å²) in [4.78, 5) is 33.3. The summed E-state index contributed by atoms with van der Waals surface area (Å²) in [7, 11) is 0. The molecule has 0 aliphatic carbocycles. The van der Waals surface area contributed by atoms with Crippen molar-refractivity contribution in [1.82, 2.24) is 14.5 Å². The number of benzene rings is 2. The first-order chi connectivity index (χ1) is 16.3. The Hall–Kier alpha value is -3.29. The van der Waals surface area contributed by atoms with E-state index in [4.69, 9.17) is 5.73 Å². The van der Waals surface area contributed by atoms with Crippen LogP contribution in [0.5, 0.6) is 0 Å². The fourth-order valence-electron chi connectivity index (χ4n) is 4.09. The molecule has 0 bridgehead atoms. The molecule has 2 aromatic carbocycles. The molecule has 0 saturated heterocycles. The van der Waals surface area contributed by atoms with Gasteiger partial charge in [-0.15, -0.1) is 0 Å². The quantitative estimate of drug-likeness (QED) is 0.481. The molecular formula is C27H34N4O3. The van der Waals surface area contributed by atoms with Crippen LogP contribution in [0.15, 0.2) is 65.5 Å². The Bertz CT molecular complexity index is 1140. The summed E-state index contributed by atoms with van der Waals surface area (Å²) >= 11 is 0. The van der Waals surface area contributed by atoms with Gasteiger partial charge in [-0.05, 0) is 43.5 Å². The van der Waals surface area contributed by atoms with Crippen molar-refractivity contribution in [2.45, 2.75) is 46.4 Å². The van der Waals surface area contributed by atoms with E-state index in [0.29, 0.717) is 37.4 Å². The standard InChI is InChI=1S/C27H34N4O3/c1-19(2)25(30(15-7-14-28)27(34)22-12-10-20(3)11-13-22)26-29-23(18-32)16-24(33)31(26)17-21-8-5-4-6-9-21/h4-6,8-13,16,19,25,32H,7,14-15,17-18,28H2,1-3H3. The van der Waals surface area contributed by atoms with E-state index in [2.05, 4.69) is 4.98 Å². The van der Waals surface area contributed by atoms with Crippen LogP contribution in [0.3, 0.4) is 0 Å². The monoisotopic (exact) mass is 462 g/mol. The first kappa shape index (κ1) is 25.3. The number of aliphatic hydroxyl groups is 1. The van der Waals surface area contributed by atoms with Crippen molar-refractivity contribution in [1.29, 1.82) is 0 Å². The average Bonchev–Trinajstić information content (AvgIpc) is 2.83. The van der Waals surface area contributed by atoms with Gasteiger partial charge in [0, 0.05) is 18.2 Å². The summed E-state index contributed by atoms with van der Waals surface area (Å²) < 4.78 is 1.61. The van der Waals surface area contributed by atoms with Gasteiger partial charge in [-0.3, -0.25) is 14.2 Å². The molecular weight excluding hydrogens is 428 g/mol. The van der Waals surface area contributed by atoms with E-state index >= 15 is 0 Å². The molecule has 1 unspecified atom stereocenters. The molecule has 1 heterocycles. The minimum absolute atomic E-state index is 0.0463. The van der Waals surface area contributed by atoms with Crippen LogP contribution in [0.4, 0.5) is 0 Å². The molecule has 1 atom stereocenters. The van der Waals surface area contributed by atoms with Crippen LogP contribution in [-0.4, -0.2) is 38.6 Å². The molecule has 180 valence electrons. The minimum atomic E-state index is -0.483. The Kier molecular flexibility index (Phi) is 8.73. The highest BCUT2D eigenvalue weighted by atomic mass is 16.3. The molecule has 3 N–H and O–H groups in total. The van der Waals surface area contributed by atoms with E-state index in [1.165, 1.54) is 6.07 Å². The Morgan fingerprint density at radius 3 is 2.38 bits per heavy atom. The molecule has 0 aliphatic heterocycles. The summed E-state index contributed by atoms with van der Waals surface area (Å²) in [5, 5.41) is 9.77. The van der Waals surface area contributed by atoms with E-state index < -0.39 is 6.04 Å². The van der Waals surface area contributed by atoms with Crippen molar-refractivity contribution in [3.63, 3.8) is 0 Å². The average molecular weight is 463 g/mol. The third kappa shape index (κ3) is 5.98. The third-order valence-corrected chi connectivity index (χ3v) is 5.83. The Balaban J connectivity index is 2.15. The van der Waals surface area contributed by atoms with Gasteiger partial charge in [0.2, 0.25) is 0 Å². The van der Waals surface area contributed by atoms with Crippen molar-refractivity contribution >= 4 is 5.91 Å². The predicted molar refractivity (Wildman–Crippen MR) is 133 cm³/mol. The van der Waals surface area contributed by atoms with Crippen molar-refractivity contribution in [3.05, 3.63) is 99.2 Å². The maximum absolute atomic E-state index is 13.7. The zero-order chi connectivity index (χ0) is 24.7. The number of aromatic nitrogens is 2. The van der Waals surface area contributed by atoms with Crippen LogP contribution in [0.2, 0.25) is 0 Å². The van der Waals surface area contributed by atoms with Gasteiger partial charge in [-0.1, -0.05) is 61.9 Å². The van der Waals surface area contributed by atoms with Crippen LogP contribution in [0, 0.1) is 12.8 Å². The van der Waals surface area contributed by atoms with Gasteiger partial charge in [0.25, 0.3) is 11.5 Å². The molecule has 0 spiro atoms. The summed E-state index contributed by atoms with van der Waals surface area (Å²) in [5.41, 5.74) is 8.43. The lowest BCUT2D eigenvalue weighted by atomic mass is 9.98. The van der Waals surface area contributed by atoms with Gasteiger partial charge in [0.1, 0.15) is 5.82 Å². The van der Waals surface area contributed by atoms with E-state index in [0.717, 1.165) is 11.1 Å². The summed E-state index contributed by atoms with van der Waals surface area (Å²) in [6, 6.07) is 18.0. The zero-order valence-corrected chi connectivity index (χ0v) is 20.1. The van der Waals surface area contributed by atoms with Crippen LogP contribution in [-0.2, 0) is 13.2 Å². The summed E-state index contributed by atoms with van der Waals surface area (Å²) in [6.07, 6.45) is 0.615. The lowest BCUT2D eigenvalue weighted by Gasteiger charge is -2.35. The van der Waals surface area contributed by atoms with Gasteiger partial charge in [0.05, 0.1) is 24.9 Å². The van der Waals surface area contributed by atoms with Crippen LogP contribution in [0.1, 0.15) is 59.3 Å². The predicted octanol–water partition coefficient (Wildman–Crippen LogP) is 3.28. The fraction of sp³-hybridized carbons (Fsp3) is 0.370. The molecule has 0 fully saturated rings. The topological polar surface area (TPSA) is 101 Å². The molecule has 0 radical (unpaired) electrons. The maximum atomic E-state index is 13.7. The largest absolute Gasteiger partial charge is 0.390 e. The Morgan fingerprint density at radius 2 is 1.79 bits per heavy atom. The number of amides is 1. The SMILES string of the molecule is Cc1ccc(C(=O)N(CCCN)C(c2nc(CO)cc(=O)n2Cc2ccccc2)C(C)C)cc1. The number of carbonyl (C=O) groups is 1. The summed E-state index contributed by atoms with van der Waals surface area (Å²) in [6.45, 7) is 6.82. The molecule has 1 aromatic heterocycles. The van der Waals surface area contributed by atoms with E-state index in [1.54, 1.807) is 9.47 Å². The highest BCUT2D eigenvalue weighted by molar-refractivity contribution is 5.94. The fourth-order valence-corrected chi connectivity index (χ4v) is 4.09. The van der Waals surface area contributed by atoms with E-state index in [1.807, 2.05) is 75.4 Å². The van der Waals surface area contributed by atoms with Crippen molar-refractivity contribution in [3.8, 4) is 0 Å². The Labute approximate surface area is 200 Å². The molecule has 0 aliphatic rings. The Morgan fingerprint density at radius 1 is 1.12 bits per heavy atom. The number of hydrogen-bond acceptors (Lipinski definition) is 5. The van der Waals surface area contributed by atoms with Crippen LogP contribution < -0.4 is 11.3 Å². The zero-order valence-electron chi connectivity index (χ0n) is 20.1. The number of aliphatic hydroxyl groups excluding tert-OH is 1. The van der Waals surface area contributed by atoms with Crippen LogP contribution >= 0.6 is 0 Å². The van der Waals surface area contributed by atoms with E-state index in [9.17, 15) is 14.7 Å². The van der Waals surface area contributed by atoms with Crippen molar-refractivity contribution < 1.29 is 9.90 Å². The number of rotatable bonds is 10. The highest BCUT2D eigenvalue weighted by Crippen LogP contribution is 2.29. The van der Waals surface area contributed by atoms with Crippen LogP contribution in [0.25, 0.3) is 0 Å². The minimum Gasteiger partial charge on any atom is -0.390 e. The van der Waals surface area contributed by atoms with Crippen molar-refractivity contribution in [2.24, 2.45) is 11.7 Å². The lowest BCUT2D eigenvalue weighted by Crippen LogP contribution is -2.42.